The van der Waals surface area contributed by atoms with E-state index in [1.54, 1.807) is 6.07 Å². The van der Waals surface area contributed by atoms with Gasteiger partial charge in [0.05, 0.1) is 11.1 Å². The van der Waals surface area contributed by atoms with Crippen molar-refractivity contribution in [2.75, 3.05) is 5.32 Å². The smallest absolute Gasteiger partial charge is 0.336 e. The first-order valence-electron chi connectivity index (χ1n) is 6.37. The van der Waals surface area contributed by atoms with Crippen LogP contribution in [-0.4, -0.2) is 23.0 Å². The molecule has 0 aliphatic rings. The molecule has 1 unspecified atom stereocenters. The molecule has 1 rings (SSSR count). The summed E-state index contributed by atoms with van der Waals surface area (Å²) in [6.07, 6.45) is 1.39. The number of carboxylic acids is 1. The van der Waals surface area contributed by atoms with Crippen LogP contribution in [0.4, 0.5) is 5.69 Å². The molecule has 1 amide bonds. The first-order chi connectivity index (χ1) is 8.90. The predicted molar refractivity (Wildman–Crippen MR) is 74.7 cm³/mol. The summed E-state index contributed by atoms with van der Waals surface area (Å²) in [6, 6.07) is 3.19. The standard InChI is InChI=1S/C14H20N2O3/c1-4-8(3)16-12-7-10(14(18)19)9(5-2)6-11(12)13(15)17/h6-8,16H,4-5H2,1-3H3,(H2,15,17)(H,18,19). The summed E-state index contributed by atoms with van der Waals surface area (Å²) < 4.78 is 0. The summed E-state index contributed by atoms with van der Waals surface area (Å²) in [7, 11) is 0. The third-order valence-corrected chi connectivity index (χ3v) is 3.13. The molecule has 1 atom stereocenters. The van der Waals surface area contributed by atoms with Crippen LogP contribution in [0.2, 0.25) is 0 Å². The van der Waals surface area contributed by atoms with Gasteiger partial charge < -0.3 is 16.2 Å². The number of carbonyl (C=O) groups is 2. The summed E-state index contributed by atoms with van der Waals surface area (Å²) in [5.41, 5.74) is 6.99. The molecule has 0 aliphatic carbocycles. The summed E-state index contributed by atoms with van der Waals surface area (Å²) in [5.74, 6) is -1.56. The minimum absolute atomic E-state index is 0.132. The van der Waals surface area contributed by atoms with Crippen molar-refractivity contribution in [1.29, 1.82) is 0 Å². The highest BCUT2D eigenvalue weighted by Crippen LogP contribution is 2.23. The van der Waals surface area contributed by atoms with Gasteiger partial charge in [0.25, 0.3) is 5.91 Å². The molecule has 0 aliphatic heterocycles. The van der Waals surface area contributed by atoms with E-state index in [9.17, 15) is 14.7 Å². The predicted octanol–water partition coefficient (Wildman–Crippen LogP) is 2.26. The maximum Gasteiger partial charge on any atom is 0.336 e. The summed E-state index contributed by atoms with van der Waals surface area (Å²) in [6.45, 7) is 5.80. The molecule has 19 heavy (non-hydrogen) atoms. The third kappa shape index (κ3) is 3.47. The van der Waals surface area contributed by atoms with Crippen molar-refractivity contribution in [3.8, 4) is 0 Å². The van der Waals surface area contributed by atoms with Crippen LogP contribution in [0.25, 0.3) is 0 Å². The SMILES string of the molecule is CCc1cc(C(N)=O)c(NC(C)CC)cc1C(=O)O. The molecule has 104 valence electrons. The lowest BCUT2D eigenvalue weighted by Crippen LogP contribution is -2.20. The fourth-order valence-corrected chi connectivity index (χ4v) is 1.83. The Labute approximate surface area is 112 Å². The lowest BCUT2D eigenvalue weighted by Gasteiger charge is -2.17. The number of hydrogen-bond donors (Lipinski definition) is 3. The largest absolute Gasteiger partial charge is 0.478 e. The zero-order valence-electron chi connectivity index (χ0n) is 11.5. The molecule has 0 spiro atoms. The van der Waals surface area contributed by atoms with E-state index in [2.05, 4.69) is 5.32 Å². The number of hydrogen-bond acceptors (Lipinski definition) is 3. The average molecular weight is 264 g/mol. The number of primary amides is 1. The van der Waals surface area contributed by atoms with E-state index in [1.807, 2.05) is 20.8 Å². The minimum Gasteiger partial charge on any atom is -0.478 e. The molecule has 0 fully saturated rings. The van der Waals surface area contributed by atoms with Crippen LogP contribution in [0.15, 0.2) is 12.1 Å². The Balaban J connectivity index is 3.36. The Bertz CT molecular complexity index is 498. The fraction of sp³-hybridized carbons (Fsp3) is 0.429. The van der Waals surface area contributed by atoms with E-state index in [0.717, 1.165) is 6.42 Å². The number of carboxylic acid groups (broad SMARTS) is 1. The van der Waals surface area contributed by atoms with Crippen molar-refractivity contribution >= 4 is 17.6 Å². The quantitative estimate of drug-likeness (QED) is 0.734. The summed E-state index contributed by atoms with van der Waals surface area (Å²) in [4.78, 5) is 22.7. The fourth-order valence-electron chi connectivity index (χ4n) is 1.83. The summed E-state index contributed by atoms with van der Waals surface area (Å²) >= 11 is 0. The van der Waals surface area contributed by atoms with E-state index in [-0.39, 0.29) is 11.6 Å². The zero-order chi connectivity index (χ0) is 14.6. The van der Waals surface area contributed by atoms with E-state index in [1.165, 1.54) is 6.07 Å². The van der Waals surface area contributed by atoms with Crippen LogP contribution in [-0.2, 0) is 6.42 Å². The highest BCUT2D eigenvalue weighted by molar-refractivity contribution is 6.01. The van der Waals surface area contributed by atoms with Gasteiger partial charge in [-0.3, -0.25) is 4.79 Å². The number of nitrogens with one attached hydrogen (secondary N) is 1. The molecule has 1 aromatic rings. The van der Waals surface area contributed by atoms with Crippen molar-refractivity contribution in [1.82, 2.24) is 0 Å². The topological polar surface area (TPSA) is 92.4 Å². The van der Waals surface area contributed by atoms with Gasteiger partial charge in [-0.1, -0.05) is 13.8 Å². The Morgan fingerprint density at radius 2 is 1.95 bits per heavy atom. The second-order valence-corrected chi connectivity index (χ2v) is 4.53. The molecule has 0 saturated carbocycles. The highest BCUT2D eigenvalue weighted by Gasteiger charge is 2.17. The minimum atomic E-state index is -1.000. The highest BCUT2D eigenvalue weighted by atomic mass is 16.4. The molecule has 5 nitrogen and oxygen atoms in total. The first-order valence-corrected chi connectivity index (χ1v) is 6.37. The monoisotopic (exact) mass is 264 g/mol. The van der Waals surface area contributed by atoms with Crippen LogP contribution in [0.1, 0.15) is 53.5 Å². The lowest BCUT2D eigenvalue weighted by atomic mass is 9.99. The number of rotatable bonds is 6. The number of aromatic carboxylic acids is 1. The maximum atomic E-state index is 11.5. The van der Waals surface area contributed by atoms with Crippen LogP contribution >= 0.6 is 0 Å². The van der Waals surface area contributed by atoms with Crippen LogP contribution in [0.5, 0.6) is 0 Å². The average Bonchev–Trinajstić information content (AvgIpc) is 2.37. The number of nitrogens with two attached hydrogens (primary N) is 1. The molecular weight excluding hydrogens is 244 g/mol. The Hall–Kier alpha value is -2.04. The zero-order valence-corrected chi connectivity index (χ0v) is 11.5. The van der Waals surface area contributed by atoms with Gasteiger partial charge in [-0.05, 0) is 37.5 Å². The van der Waals surface area contributed by atoms with E-state index in [0.29, 0.717) is 23.2 Å². The molecule has 0 bridgehead atoms. The van der Waals surface area contributed by atoms with Crippen molar-refractivity contribution < 1.29 is 14.7 Å². The number of amides is 1. The van der Waals surface area contributed by atoms with Gasteiger partial charge in [-0.2, -0.15) is 0 Å². The normalized spacial score (nSPS) is 11.9. The van der Waals surface area contributed by atoms with Crippen LogP contribution in [0.3, 0.4) is 0 Å². The number of benzene rings is 1. The first kappa shape index (κ1) is 15.0. The van der Waals surface area contributed by atoms with Crippen molar-refractivity contribution in [3.63, 3.8) is 0 Å². The molecule has 0 aromatic heterocycles. The molecule has 5 heteroatoms. The van der Waals surface area contributed by atoms with Gasteiger partial charge in [0.15, 0.2) is 0 Å². The van der Waals surface area contributed by atoms with E-state index in [4.69, 9.17) is 5.73 Å². The maximum absolute atomic E-state index is 11.5. The van der Waals surface area contributed by atoms with E-state index >= 15 is 0 Å². The molecule has 0 heterocycles. The Morgan fingerprint density at radius 3 is 2.37 bits per heavy atom. The van der Waals surface area contributed by atoms with Crippen molar-refractivity contribution in [3.05, 3.63) is 28.8 Å². The number of carbonyl (C=O) groups excluding carboxylic acids is 1. The second kappa shape index (κ2) is 6.22. The molecule has 1 aromatic carbocycles. The Morgan fingerprint density at radius 1 is 1.32 bits per heavy atom. The van der Waals surface area contributed by atoms with Crippen LogP contribution in [0, 0.1) is 0 Å². The number of anilines is 1. The van der Waals surface area contributed by atoms with Gasteiger partial charge in [0, 0.05) is 11.7 Å². The number of aryl methyl sites for hydroxylation is 1. The second-order valence-electron chi connectivity index (χ2n) is 4.53. The van der Waals surface area contributed by atoms with E-state index < -0.39 is 11.9 Å². The van der Waals surface area contributed by atoms with Gasteiger partial charge in [0.2, 0.25) is 0 Å². The lowest BCUT2D eigenvalue weighted by molar-refractivity contribution is 0.0695. The molecule has 4 N–H and O–H groups in total. The van der Waals surface area contributed by atoms with Crippen molar-refractivity contribution in [2.45, 2.75) is 39.7 Å². The van der Waals surface area contributed by atoms with Crippen LogP contribution < -0.4 is 11.1 Å². The molecular formula is C14H20N2O3. The molecule has 0 radical (unpaired) electrons. The van der Waals surface area contributed by atoms with Gasteiger partial charge in [-0.25, -0.2) is 4.79 Å². The summed E-state index contributed by atoms with van der Waals surface area (Å²) in [5, 5.41) is 12.3. The van der Waals surface area contributed by atoms with Gasteiger partial charge in [0.1, 0.15) is 0 Å². The van der Waals surface area contributed by atoms with Gasteiger partial charge in [-0.15, -0.1) is 0 Å². The van der Waals surface area contributed by atoms with Gasteiger partial charge >= 0.3 is 5.97 Å². The molecule has 0 saturated heterocycles. The third-order valence-electron chi connectivity index (χ3n) is 3.13. The van der Waals surface area contributed by atoms with Crippen molar-refractivity contribution in [2.24, 2.45) is 5.73 Å². The Kier molecular flexibility index (Phi) is 4.92.